The Kier molecular flexibility index (Phi) is 3.24. The van der Waals surface area contributed by atoms with Gasteiger partial charge in [-0.05, 0) is 0 Å². The first-order valence-corrected chi connectivity index (χ1v) is 6.08. The second-order valence-corrected chi connectivity index (χ2v) is 5.23. The zero-order valence-electron chi connectivity index (χ0n) is 7.88. The van der Waals surface area contributed by atoms with Crippen LogP contribution >= 0.6 is 10.7 Å². The van der Waals surface area contributed by atoms with Crippen LogP contribution in [0.2, 0.25) is 0 Å². The quantitative estimate of drug-likeness (QED) is 0.501. The average molecular weight is 268 g/mol. The standard InChI is InChI=1S/C7H6ClNO6S/c1-15-7-5(10)2-4(9(11)12)3-6(7)16(8,13)14/h2-3,10H,1H3. The molecule has 9 heteroatoms. The summed E-state index contributed by atoms with van der Waals surface area (Å²) in [5.74, 6) is -1.10. The SMILES string of the molecule is COc1c(O)cc([N+](=O)[O-])cc1S(=O)(=O)Cl. The number of rotatable bonds is 3. The molecule has 0 saturated heterocycles. The third-order valence-electron chi connectivity index (χ3n) is 1.70. The molecule has 1 rings (SSSR count). The maximum Gasteiger partial charge on any atom is 0.274 e. The Morgan fingerprint density at radius 1 is 1.50 bits per heavy atom. The molecule has 0 amide bonds. The molecule has 0 saturated carbocycles. The molecule has 0 aromatic heterocycles. The van der Waals surface area contributed by atoms with E-state index in [-0.39, 0.29) is 0 Å². The van der Waals surface area contributed by atoms with E-state index in [0.29, 0.717) is 6.07 Å². The number of non-ortho nitro benzene ring substituents is 1. The molecule has 0 radical (unpaired) electrons. The maximum atomic E-state index is 11.1. The van der Waals surface area contributed by atoms with E-state index in [0.717, 1.165) is 13.2 Å². The fourth-order valence-electron chi connectivity index (χ4n) is 1.07. The van der Waals surface area contributed by atoms with E-state index in [1.807, 2.05) is 0 Å². The summed E-state index contributed by atoms with van der Waals surface area (Å²) in [5.41, 5.74) is -0.600. The van der Waals surface area contributed by atoms with Crippen LogP contribution < -0.4 is 4.74 Å². The van der Waals surface area contributed by atoms with Gasteiger partial charge >= 0.3 is 0 Å². The van der Waals surface area contributed by atoms with Gasteiger partial charge in [0.05, 0.1) is 18.1 Å². The molecule has 1 aromatic rings. The minimum atomic E-state index is -4.24. The van der Waals surface area contributed by atoms with Gasteiger partial charge in [-0.2, -0.15) is 0 Å². The molecule has 0 aliphatic carbocycles. The number of nitrogens with zero attached hydrogens (tertiary/aromatic N) is 1. The number of ether oxygens (including phenoxy) is 1. The van der Waals surface area contributed by atoms with Crippen LogP contribution in [-0.2, 0) is 9.05 Å². The number of phenolic OH excluding ortho intramolecular Hbond substituents is 1. The largest absolute Gasteiger partial charge is 0.504 e. The van der Waals surface area contributed by atoms with Crippen molar-refractivity contribution in [2.45, 2.75) is 4.90 Å². The minimum absolute atomic E-state index is 0.430. The van der Waals surface area contributed by atoms with Crippen LogP contribution in [0.25, 0.3) is 0 Å². The lowest BCUT2D eigenvalue weighted by molar-refractivity contribution is -0.385. The molecule has 7 nitrogen and oxygen atoms in total. The van der Waals surface area contributed by atoms with Crippen LogP contribution in [0.1, 0.15) is 0 Å². The Balaban J connectivity index is 3.62. The van der Waals surface area contributed by atoms with Gasteiger partial charge in [0.2, 0.25) is 0 Å². The van der Waals surface area contributed by atoms with Crippen LogP contribution in [0.5, 0.6) is 11.5 Å². The lowest BCUT2D eigenvalue weighted by Crippen LogP contribution is -1.99. The van der Waals surface area contributed by atoms with Crippen molar-refractivity contribution in [3.05, 3.63) is 22.2 Å². The number of aromatic hydroxyl groups is 1. The normalized spacial score (nSPS) is 11.1. The minimum Gasteiger partial charge on any atom is -0.504 e. The number of nitro groups is 1. The van der Waals surface area contributed by atoms with Gasteiger partial charge in [-0.1, -0.05) is 0 Å². The molecule has 0 spiro atoms. The van der Waals surface area contributed by atoms with Gasteiger partial charge in [-0.3, -0.25) is 10.1 Å². The van der Waals surface area contributed by atoms with Gasteiger partial charge in [0.1, 0.15) is 4.90 Å². The highest BCUT2D eigenvalue weighted by Gasteiger charge is 2.24. The molecule has 0 atom stereocenters. The monoisotopic (exact) mass is 267 g/mol. The third kappa shape index (κ3) is 2.34. The number of methoxy groups -OCH3 is 1. The van der Waals surface area contributed by atoms with Gasteiger partial charge in [0.15, 0.2) is 11.5 Å². The lowest BCUT2D eigenvalue weighted by Gasteiger charge is -2.07. The molecular weight excluding hydrogens is 262 g/mol. The van der Waals surface area contributed by atoms with Gasteiger partial charge in [-0.25, -0.2) is 8.42 Å². The van der Waals surface area contributed by atoms with E-state index in [4.69, 9.17) is 10.7 Å². The first-order valence-electron chi connectivity index (χ1n) is 3.77. The van der Waals surface area contributed by atoms with Crippen molar-refractivity contribution >= 4 is 25.4 Å². The van der Waals surface area contributed by atoms with E-state index < -0.39 is 36.1 Å². The number of halogens is 1. The van der Waals surface area contributed by atoms with E-state index in [1.165, 1.54) is 0 Å². The number of nitro benzene ring substituents is 1. The van der Waals surface area contributed by atoms with Crippen LogP contribution in [0.3, 0.4) is 0 Å². The zero-order valence-corrected chi connectivity index (χ0v) is 9.45. The summed E-state index contributed by atoms with van der Waals surface area (Å²) in [5, 5.41) is 19.8. The molecular formula is C7H6ClNO6S. The molecule has 88 valence electrons. The highest BCUT2D eigenvalue weighted by molar-refractivity contribution is 8.13. The first-order chi connectivity index (χ1) is 7.27. The van der Waals surface area contributed by atoms with Crippen molar-refractivity contribution in [2.24, 2.45) is 0 Å². The second-order valence-electron chi connectivity index (χ2n) is 2.69. The predicted molar refractivity (Wildman–Crippen MR) is 54.4 cm³/mol. The summed E-state index contributed by atoms with van der Waals surface area (Å²) in [4.78, 5) is 8.94. The van der Waals surface area contributed by atoms with Crippen LogP contribution in [0.4, 0.5) is 5.69 Å². The summed E-state index contributed by atoms with van der Waals surface area (Å²) in [6, 6.07) is 1.48. The van der Waals surface area contributed by atoms with Crippen LogP contribution in [0.15, 0.2) is 17.0 Å². The summed E-state index contributed by atoms with van der Waals surface area (Å²) in [6.45, 7) is 0. The second kappa shape index (κ2) is 4.14. The highest BCUT2D eigenvalue weighted by atomic mass is 35.7. The molecule has 1 aromatic carbocycles. The summed E-state index contributed by atoms with van der Waals surface area (Å²) in [6.07, 6.45) is 0. The Bertz CT molecular complexity index is 540. The molecule has 0 aliphatic rings. The van der Waals surface area contributed by atoms with E-state index in [2.05, 4.69) is 4.74 Å². The molecule has 16 heavy (non-hydrogen) atoms. The van der Waals surface area contributed by atoms with Crippen molar-refractivity contribution in [3.8, 4) is 11.5 Å². The topological polar surface area (TPSA) is 107 Å². The Morgan fingerprint density at radius 2 is 2.06 bits per heavy atom. The molecule has 0 aliphatic heterocycles. The van der Waals surface area contributed by atoms with Crippen molar-refractivity contribution in [1.82, 2.24) is 0 Å². The van der Waals surface area contributed by atoms with Gasteiger partial charge < -0.3 is 9.84 Å². The van der Waals surface area contributed by atoms with E-state index in [9.17, 15) is 23.6 Å². The molecule has 0 heterocycles. The van der Waals surface area contributed by atoms with Crippen LogP contribution in [-0.4, -0.2) is 25.6 Å². The summed E-state index contributed by atoms with van der Waals surface area (Å²) >= 11 is 0. The van der Waals surface area contributed by atoms with Crippen LogP contribution in [0, 0.1) is 10.1 Å². The smallest absolute Gasteiger partial charge is 0.274 e. The number of benzene rings is 1. The lowest BCUT2D eigenvalue weighted by atomic mass is 10.3. The number of phenols is 1. The van der Waals surface area contributed by atoms with Gasteiger partial charge in [0.25, 0.3) is 14.7 Å². The average Bonchev–Trinajstić information content (AvgIpc) is 2.14. The van der Waals surface area contributed by atoms with E-state index in [1.54, 1.807) is 0 Å². The van der Waals surface area contributed by atoms with E-state index >= 15 is 0 Å². The Morgan fingerprint density at radius 3 is 2.44 bits per heavy atom. The molecule has 1 N–H and O–H groups in total. The Hall–Kier alpha value is -1.54. The molecule has 0 fully saturated rings. The van der Waals surface area contributed by atoms with Gasteiger partial charge in [-0.15, -0.1) is 0 Å². The maximum absolute atomic E-state index is 11.1. The zero-order chi connectivity index (χ0) is 12.5. The fourth-order valence-corrected chi connectivity index (χ4v) is 2.08. The summed E-state index contributed by atoms with van der Waals surface area (Å²) < 4.78 is 26.8. The van der Waals surface area contributed by atoms with Crippen molar-refractivity contribution < 1.29 is 23.2 Å². The first kappa shape index (κ1) is 12.5. The molecule has 0 unspecified atom stereocenters. The third-order valence-corrected chi connectivity index (χ3v) is 3.02. The number of hydrogen-bond donors (Lipinski definition) is 1. The highest BCUT2D eigenvalue weighted by Crippen LogP contribution is 2.38. The fraction of sp³-hybridized carbons (Fsp3) is 0.143. The molecule has 0 bridgehead atoms. The van der Waals surface area contributed by atoms with Crippen molar-refractivity contribution in [3.63, 3.8) is 0 Å². The van der Waals surface area contributed by atoms with Crippen molar-refractivity contribution in [2.75, 3.05) is 7.11 Å². The van der Waals surface area contributed by atoms with Gasteiger partial charge in [0, 0.05) is 16.7 Å². The number of hydrogen-bond acceptors (Lipinski definition) is 6. The summed E-state index contributed by atoms with van der Waals surface area (Å²) in [7, 11) is 1.91. The predicted octanol–water partition coefficient (Wildman–Crippen LogP) is 1.24. The Labute approximate surface area is 94.8 Å². The van der Waals surface area contributed by atoms with Crippen molar-refractivity contribution in [1.29, 1.82) is 0 Å².